The first-order chi connectivity index (χ1) is 6.66. The smallest absolute Gasteiger partial charge is 0.207 e. The number of ketones is 1. The normalized spacial score (nSPS) is 14.4. The second-order valence-electron chi connectivity index (χ2n) is 2.95. The van der Waals surface area contributed by atoms with Crippen molar-refractivity contribution in [3.63, 3.8) is 0 Å². The van der Waals surface area contributed by atoms with Crippen LogP contribution in [0.1, 0.15) is 17.4 Å². The Morgan fingerprint density at radius 3 is 2.86 bits per heavy atom. The first kappa shape index (κ1) is 10.5. The lowest BCUT2D eigenvalue weighted by molar-refractivity contribution is -0.110. The van der Waals surface area contributed by atoms with Crippen LogP contribution in [-0.2, 0) is 4.79 Å². The molecule has 5 nitrogen and oxygen atoms in total. The second kappa shape index (κ2) is 4.57. The predicted molar refractivity (Wildman–Crippen MR) is 49.8 cm³/mol. The molecule has 1 rings (SSSR count). The zero-order valence-corrected chi connectivity index (χ0v) is 7.73. The fourth-order valence-corrected chi connectivity index (χ4v) is 1.16. The summed E-state index contributed by atoms with van der Waals surface area (Å²) in [5, 5.41) is 11.5. The Morgan fingerprint density at radius 2 is 2.43 bits per heavy atom. The third-order valence-electron chi connectivity index (χ3n) is 1.88. The minimum Gasteiger partial charge on any atom is -0.391 e. The molecule has 1 aromatic heterocycles. The number of carbonyl (C=O) groups excluding carboxylic acids is 2. The molecule has 0 bridgehead atoms. The number of aliphatic hydroxyl groups excluding tert-OH is 1. The third-order valence-corrected chi connectivity index (χ3v) is 1.88. The first-order valence-corrected chi connectivity index (χ1v) is 4.22. The molecule has 0 aromatic carbocycles. The second-order valence-corrected chi connectivity index (χ2v) is 2.95. The van der Waals surface area contributed by atoms with Crippen molar-refractivity contribution in [2.45, 2.75) is 19.1 Å². The Morgan fingerprint density at radius 1 is 1.71 bits per heavy atom. The number of amides is 1. The van der Waals surface area contributed by atoms with Crippen molar-refractivity contribution in [1.82, 2.24) is 10.3 Å². The molecule has 0 aliphatic rings. The Hall–Kier alpha value is -1.62. The van der Waals surface area contributed by atoms with E-state index in [0.29, 0.717) is 12.1 Å². The van der Waals surface area contributed by atoms with Crippen molar-refractivity contribution in [3.8, 4) is 0 Å². The molecule has 1 aromatic rings. The molecule has 0 saturated carbocycles. The Bertz CT molecular complexity index is 306. The van der Waals surface area contributed by atoms with E-state index < -0.39 is 12.1 Å². The fraction of sp³-hybridized carbons (Fsp3) is 0.333. The van der Waals surface area contributed by atoms with Gasteiger partial charge in [-0.2, -0.15) is 0 Å². The maximum absolute atomic E-state index is 11.6. The summed E-state index contributed by atoms with van der Waals surface area (Å²) >= 11 is 0. The van der Waals surface area contributed by atoms with E-state index in [1.165, 1.54) is 6.92 Å². The minimum absolute atomic E-state index is 0.336. The summed E-state index contributed by atoms with van der Waals surface area (Å²) < 4.78 is 0. The van der Waals surface area contributed by atoms with E-state index in [1.807, 2.05) is 0 Å². The number of hydrogen-bond donors (Lipinski definition) is 3. The minimum atomic E-state index is -0.920. The number of Topliss-reactive ketones (excluding diaryl/α,β-unsaturated/α-hetero) is 1. The van der Waals surface area contributed by atoms with Gasteiger partial charge in [0.05, 0.1) is 11.8 Å². The zero-order valence-electron chi connectivity index (χ0n) is 7.73. The molecule has 1 amide bonds. The fourth-order valence-electron chi connectivity index (χ4n) is 1.16. The molecule has 1 heterocycles. The SMILES string of the molecule is C[C@@H](O)[C@H](NC=O)C(=O)c1ccc[nH]1. The average molecular weight is 196 g/mol. The van der Waals surface area contributed by atoms with Crippen LogP contribution < -0.4 is 5.32 Å². The number of H-pyrrole nitrogens is 1. The zero-order chi connectivity index (χ0) is 10.6. The van der Waals surface area contributed by atoms with Gasteiger partial charge < -0.3 is 15.4 Å². The lowest BCUT2D eigenvalue weighted by atomic mass is 10.1. The number of aromatic amines is 1. The summed E-state index contributed by atoms with van der Waals surface area (Å²) in [6.45, 7) is 1.45. The summed E-state index contributed by atoms with van der Waals surface area (Å²) in [5.74, 6) is -0.336. The van der Waals surface area contributed by atoms with Crippen molar-refractivity contribution >= 4 is 12.2 Å². The standard InChI is InChI=1S/C9H12N2O3/c1-6(13)8(11-5-12)9(14)7-3-2-4-10-7/h2-6,8,10,13H,1H3,(H,11,12)/t6-,8+/m1/s1. The monoisotopic (exact) mass is 196 g/mol. The molecule has 76 valence electrons. The number of carbonyl (C=O) groups is 2. The highest BCUT2D eigenvalue weighted by atomic mass is 16.3. The van der Waals surface area contributed by atoms with Crippen molar-refractivity contribution in [2.24, 2.45) is 0 Å². The van der Waals surface area contributed by atoms with Gasteiger partial charge in [0, 0.05) is 6.20 Å². The topological polar surface area (TPSA) is 82.2 Å². The Labute approximate surface area is 81.1 Å². The molecule has 14 heavy (non-hydrogen) atoms. The molecule has 0 aliphatic heterocycles. The summed E-state index contributed by atoms with van der Waals surface area (Å²) in [6.07, 6.45) is 1.09. The van der Waals surface area contributed by atoms with Gasteiger partial charge >= 0.3 is 0 Å². The van der Waals surface area contributed by atoms with Crippen molar-refractivity contribution in [1.29, 1.82) is 0 Å². The molecule has 0 spiro atoms. The van der Waals surface area contributed by atoms with E-state index >= 15 is 0 Å². The number of aliphatic hydroxyl groups is 1. The lowest BCUT2D eigenvalue weighted by Crippen LogP contribution is -2.44. The highest BCUT2D eigenvalue weighted by Crippen LogP contribution is 2.03. The highest BCUT2D eigenvalue weighted by molar-refractivity contribution is 5.99. The van der Waals surface area contributed by atoms with Crippen LogP contribution in [-0.4, -0.2) is 34.4 Å². The van der Waals surface area contributed by atoms with Crippen molar-refractivity contribution < 1.29 is 14.7 Å². The molecule has 2 atom stereocenters. The Kier molecular flexibility index (Phi) is 3.41. The molecule has 0 unspecified atom stereocenters. The predicted octanol–water partition coefficient (Wildman–Crippen LogP) is -0.307. The van der Waals surface area contributed by atoms with Crippen LogP contribution in [0, 0.1) is 0 Å². The van der Waals surface area contributed by atoms with Gasteiger partial charge in [-0.3, -0.25) is 9.59 Å². The van der Waals surface area contributed by atoms with Crippen molar-refractivity contribution in [3.05, 3.63) is 24.0 Å². The molecular weight excluding hydrogens is 184 g/mol. The summed E-state index contributed by atoms with van der Waals surface area (Å²) in [6, 6.07) is 2.36. The average Bonchev–Trinajstić information content (AvgIpc) is 2.65. The highest BCUT2D eigenvalue weighted by Gasteiger charge is 2.24. The molecule has 0 aliphatic carbocycles. The number of aromatic nitrogens is 1. The molecule has 0 radical (unpaired) electrons. The Balaban J connectivity index is 2.79. The van der Waals surface area contributed by atoms with Crippen LogP contribution in [0.5, 0.6) is 0 Å². The van der Waals surface area contributed by atoms with Crippen LogP contribution in [0.4, 0.5) is 0 Å². The van der Waals surface area contributed by atoms with Crippen LogP contribution in [0.15, 0.2) is 18.3 Å². The van der Waals surface area contributed by atoms with Crippen LogP contribution in [0.3, 0.4) is 0 Å². The van der Waals surface area contributed by atoms with Crippen molar-refractivity contribution in [2.75, 3.05) is 0 Å². The van der Waals surface area contributed by atoms with Gasteiger partial charge in [-0.05, 0) is 19.1 Å². The molecular formula is C9H12N2O3. The van der Waals surface area contributed by atoms with Gasteiger partial charge in [0.2, 0.25) is 12.2 Å². The van der Waals surface area contributed by atoms with Gasteiger partial charge in [-0.15, -0.1) is 0 Å². The maximum atomic E-state index is 11.6. The molecule has 0 saturated heterocycles. The first-order valence-electron chi connectivity index (χ1n) is 4.22. The van der Waals surface area contributed by atoms with E-state index in [4.69, 9.17) is 0 Å². The summed E-state index contributed by atoms with van der Waals surface area (Å²) in [5.41, 5.74) is 0.366. The molecule has 3 N–H and O–H groups in total. The maximum Gasteiger partial charge on any atom is 0.207 e. The molecule has 0 fully saturated rings. The van der Waals surface area contributed by atoms with Crippen LogP contribution >= 0.6 is 0 Å². The number of hydrogen-bond acceptors (Lipinski definition) is 3. The summed E-state index contributed by atoms with van der Waals surface area (Å²) in [4.78, 5) is 24.5. The van der Waals surface area contributed by atoms with Crippen LogP contribution in [0.2, 0.25) is 0 Å². The van der Waals surface area contributed by atoms with Gasteiger partial charge in [0.1, 0.15) is 6.04 Å². The van der Waals surface area contributed by atoms with E-state index in [-0.39, 0.29) is 5.78 Å². The quantitative estimate of drug-likeness (QED) is 0.446. The number of rotatable bonds is 5. The molecule has 5 heteroatoms. The van der Waals surface area contributed by atoms with E-state index in [0.717, 1.165) is 0 Å². The van der Waals surface area contributed by atoms with Gasteiger partial charge in [-0.1, -0.05) is 0 Å². The van der Waals surface area contributed by atoms with Gasteiger partial charge in [0.15, 0.2) is 0 Å². The third kappa shape index (κ3) is 2.20. The summed E-state index contributed by atoms with van der Waals surface area (Å²) in [7, 11) is 0. The van der Waals surface area contributed by atoms with E-state index in [9.17, 15) is 14.7 Å². The lowest BCUT2D eigenvalue weighted by Gasteiger charge is -2.16. The largest absolute Gasteiger partial charge is 0.391 e. The van der Waals surface area contributed by atoms with Crippen LogP contribution in [0.25, 0.3) is 0 Å². The van der Waals surface area contributed by atoms with E-state index in [1.54, 1.807) is 18.3 Å². The van der Waals surface area contributed by atoms with Gasteiger partial charge in [0.25, 0.3) is 0 Å². The van der Waals surface area contributed by atoms with Gasteiger partial charge in [-0.25, -0.2) is 0 Å². The van der Waals surface area contributed by atoms with E-state index in [2.05, 4.69) is 10.3 Å². The number of nitrogens with one attached hydrogen (secondary N) is 2.